The number of ether oxygens (including phenoxy) is 1. The van der Waals surface area contributed by atoms with E-state index in [0.717, 1.165) is 23.3 Å². The zero-order valence-corrected chi connectivity index (χ0v) is 23.8. The molecule has 1 unspecified atom stereocenters. The second-order valence-electron chi connectivity index (χ2n) is 10.5. The van der Waals surface area contributed by atoms with E-state index in [1.165, 1.54) is 12.1 Å². The second-order valence-corrected chi connectivity index (χ2v) is 11.0. The quantitative estimate of drug-likeness (QED) is 0.314. The third-order valence-electron chi connectivity index (χ3n) is 7.75. The fourth-order valence-corrected chi connectivity index (χ4v) is 5.52. The number of carbonyl (C=O) groups excluding carboxylic acids is 2. The van der Waals surface area contributed by atoms with E-state index in [0.29, 0.717) is 50.2 Å². The van der Waals surface area contributed by atoms with Gasteiger partial charge in [0.1, 0.15) is 5.75 Å². The predicted molar refractivity (Wildman–Crippen MR) is 153 cm³/mol. The first kappa shape index (κ1) is 30.7. The zero-order valence-electron chi connectivity index (χ0n) is 22.3. The minimum absolute atomic E-state index is 0. The Morgan fingerprint density at radius 2 is 1.59 bits per heavy atom. The van der Waals surface area contributed by atoms with Gasteiger partial charge < -0.3 is 15.0 Å². The number of hydrogen-bond acceptors (Lipinski definition) is 3. The molecule has 2 amide bonds. The van der Waals surface area contributed by atoms with Gasteiger partial charge in [-0.3, -0.25) is 9.59 Å². The van der Waals surface area contributed by atoms with E-state index in [4.69, 9.17) is 16.3 Å². The smallest absolute Gasteiger partial charge is 0.416 e. The number of nitrogens with zero attached hydrogens (tertiary/aromatic N) is 1. The van der Waals surface area contributed by atoms with Crippen LogP contribution in [0.5, 0.6) is 5.75 Å². The van der Waals surface area contributed by atoms with E-state index < -0.39 is 28.7 Å². The summed E-state index contributed by atoms with van der Waals surface area (Å²) in [6, 6.07) is 21.2. The van der Waals surface area contributed by atoms with Gasteiger partial charge in [-0.1, -0.05) is 54.1 Å². The lowest BCUT2D eigenvalue weighted by Gasteiger charge is -2.42. The van der Waals surface area contributed by atoms with Gasteiger partial charge in [0.25, 0.3) is 5.91 Å². The molecule has 1 saturated carbocycles. The Kier molecular flexibility index (Phi) is 9.24. The van der Waals surface area contributed by atoms with Gasteiger partial charge in [0.15, 0.2) is 0 Å². The van der Waals surface area contributed by atoms with Gasteiger partial charge in [-0.2, -0.15) is 13.2 Å². The summed E-state index contributed by atoms with van der Waals surface area (Å²) in [5.74, 6) is -0.330. The second kappa shape index (κ2) is 12.3. The molecule has 0 bridgehead atoms. The Bertz CT molecular complexity index is 1350. The van der Waals surface area contributed by atoms with E-state index in [1.807, 2.05) is 42.5 Å². The van der Waals surface area contributed by atoms with Crippen LogP contribution in [0.15, 0.2) is 78.9 Å². The predicted octanol–water partition coefficient (Wildman–Crippen LogP) is 6.61. The van der Waals surface area contributed by atoms with Crippen molar-refractivity contribution in [1.82, 2.24) is 10.2 Å². The van der Waals surface area contributed by atoms with Crippen LogP contribution < -0.4 is 10.1 Å². The van der Waals surface area contributed by atoms with Gasteiger partial charge in [-0.15, -0.1) is 12.4 Å². The molecule has 2 aliphatic rings. The van der Waals surface area contributed by atoms with Crippen LogP contribution in [0.25, 0.3) is 0 Å². The van der Waals surface area contributed by atoms with Crippen molar-refractivity contribution in [2.45, 2.75) is 49.3 Å². The normalized spacial score (nSPS) is 19.6. The zero-order chi connectivity index (χ0) is 28.4. The summed E-state index contributed by atoms with van der Waals surface area (Å²) in [5, 5.41) is 3.54. The van der Waals surface area contributed by atoms with Crippen LogP contribution in [0, 0.1) is 0 Å². The summed E-state index contributed by atoms with van der Waals surface area (Å²) in [6.45, 7) is 0.812. The molecule has 0 spiro atoms. The van der Waals surface area contributed by atoms with Gasteiger partial charge in [-0.25, -0.2) is 0 Å². The first-order valence-corrected chi connectivity index (χ1v) is 13.7. The highest BCUT2D eigenvalue weighted by molar-refractivity contribution is 6.30. The number of alkyl halides is 3. The van der Waals surface area contributed by atoms with Crippen LogP contribution >= 0.6 is 24.0 Å². The lowest BCUT2D eigenvalue weighted by Crippen LogP contribution is -2.62. The number of halogens is 5. The first-order chi connectivity index (χ1) is 19.1. The molecule has 10 heteroatoms. The number of hydrogen-bond donors (Lipinski definition) is 1. The van der Waals surface area contributed by atoms with Crippen LogP contribution in [0.1, 0.15) is 42.4 Å². The molecule has 5 rings (SSSR count). The summed E-state index contributed by atoms with van der Waals surface area (Å²) < 4.78 is 45.6. The Morgan fingerprint density at radius 1 is 0.927 bits per heavy atom. The Hall–Kier alpha value is -3.23. The molecule has 2 fully saturated rings. The van der Waals surface area contributed by atoms with Crippen LogP contribution in [-0.2, 0) is 27.6 Å². The van der Waals surface area contributed by atoms with Crippen molar-refractivity contribution in [3.05, 3.63) is 101 Å². The summed E-state index contributed by atoms with van der Waals surface area (Å²) in [5.41, 5.74) is -0.972. The van der Waals surface area contributed by atoms with Crippen molar-refractivity contribution in [1.29, 1.82) is 0 Å². The van der Waals surface area contributed by atoms with Crippen molar-refractivity contribution in [3.8, 4) is 5.75 Å². The maximum absolute atomic E-state index is 13.9. The van der Waals surface area contributed by atoms with Crippen molar-refractivity contribution >= 4 is 35.8 Å². The summed E-state index contributed by atoms with van der Waals surface area (Å²) in [7, 11) is 0. The van der Waals surface area contributed by atoms with Gasteiger partial charge >= 0.3 is 6.18 Å². The minimum Gasteiger partial charge on any atom is -0.476 e. The van der Waals surface area contributed by atoms with Crippen LogP contribution in [0.4, 0.5) is 13.2 Å². The maximum atomic E-state index is 13.9. The highest BCUT2D eigenvalue weighted by Gasteiger charge is 2.55. The lowest BCUT2D eigenvalue weighted by molar-refractivity contribution is -0.149. The Morgan fingerprint density at radius 3 is 2.20 bits per heavy atom. The fourth-order valence-electron chi connectivity index (χ4n) is 5.40. The lowest BCUT2D eigenvalue weighted by atomic mass is 9.88. The Balaban J connectivity index is 0.00000387. The van der Waals surface area contributed by atoms with E-state index in [1.54, 1.807) is 17.0 Å². The standard InChI is InChI=1S/C31H30ClF3N2O3.ClH/c32-25-11-7-23(8-12-25)29(17-18-29)28(39)37-20-4-16-30(21-37,27(38)36-19-15-22-5-2-1-3-6-22)40-26-13-9-24(10-14-26)31(33,34)35;/h1-3,5-14H,4,15-21H2,(H,36,38);1H. The number of nitrogens with one attached hydrogen (secondary N) is 1. The Labute approximate surface area is 248 Å². The fraction of sp³-hybridized carbons (Fsp3) is 0.355. The van der Waals surface area contributed by atoms with Gasteiger partial charge in [0, 0.05) is 18.1 Å². The average molecular weight is 608 g/mol. The summed E-state index contributed by atoms with van der Waals surface area (Å²) in [4.78, 5) is 29.3. The molecule has 5 nitrogen and oxygen atoms in total. The van der Waals surface area contributed by atoms with Crippen LogP contribution in [0.2, 0.25) is 5.02 Å². The molecule has 218 valence electrons. The maximum Gasteiger partial charge on any atom is 0.416 e. The molecule has 0 radical (unpaired) electrons. The van der Waals surface area contributed by atoms with Crippen molar-refractivity contribution < 1.29 is 27.5 Å². The highest BCUT2D eigenvalue weighted by Crippen LogP contribution is 2.50. The number of rotatable bonds is 8. The minimum atomic E-state index is -4.49. The number of amides is 2. The molecule has 3 aromatic carbocycles. The molecule has 1 N–H and O–H groups in total. The SMILES string of the molecule is Cl.O=C(NCCc1ccccc1)C1(Oc2ccc(C(F)(F)F)cc2)CCCN(C(=O)C2(c3ccc(Cl)cc3)CC2)C1. The van der Waals surface area contributed by atoms with E-state index in [2.05, 4.69) is 5.32 Å². The third kappa shape index (κ3) is 6.81. The largest absolute Gasteiger partial charge is 0.476 e. The average Bonchev–Trinajstić information content (AvgIpc) is 3.75. The number of benzene rings is 3. The number of piperidine rings is 1. The molecule has 1 atom stereocenters. The highest BCUT2D eigenvalue weighted by atomic mass is 35.5. The third-order valence-corrected chi connectivity index (χ3v) is 8.00. The van der Waals surface area contributed by atoms with E-state index >= 15 is 0 Å². The molecule has 0 aromatic heterocycles. The number of likely N-dealkylation sites (tertiary alicyclic amines) is 1. The van der Waals surface area contributed by atoms with Crippen molar-refractivity contribution in [3.63, 3.8) is 0 Å². The molecule has 1 heterocycles. The molecular weight excluding hydrogens is 576 g/mol. The summed E-state index contributed by atoms with van der Waals surface area (Å²) >= 11 is 6.06. The van der Waals surface area contributed by atoms with Gasteiger partial charge in [0.05, 0.1) is 17.5 Å². The van der Waals surface area contributed by atoms with Gasteiger partial charge in [0.2, 0.25) is 11.5 Å². The van der Waals surface area contributed by atoms with Crippen molar-refractivity contribution in [2.24, 2.45) is 0 Å². The summed E-state index contributed by atoms with van der Waals surface area (Å²) in [6.07, 6.45) is -1.66. The molecule has 1 aliphatic heterocycles. The molecule has 1 saturated heterocycles. The van der Waals surface area contributed by atoms with Crippen LogP contribution in [-0.4, -0.2) is 41.9 Å². The monoisotopic (exact) mass is 606 g/mol. The first-order valence-electron chi connectivity index (χ1n) is 13.4. The molecule has 3 aromatic rings. The number of carbonyl (C=O) groups is 2. The van der Waals surface area contributed by atoms with Gasteiger partial charge in [-0.05, 0) is 79.6 Å². The van der Waals surface area contributed by atoms with E-state index in [9.17, 15) is 22.8 Å². The van der Waals surface area contributed by atoms with Crippen LogP contribution in [0.3, 0.4) is 0 Å². The van der Waals surface area contributed by atoms with E-state index in [-0.39, 0.29) is 30.6 Å². The topological polar surface area (TPSA) is 58.6 Å². The van der Waals surface area contributed by atoms with Crippen molar-refractivity contribution in [2.75, 3.05) is 19.6 Å². The molecule has 41 heavy (non-hydrogen) atoms. The molecular formula is C31H31Cl2F3N2O3. The molecule has 1 aliphatic carbocycles.